The number of benzene rings is 3. The maximum Gasteiger partial charge on any atom is 0.251 e. The first-order valence-electron chi connectivity index (χ1n) is 14.5. The Morgan fingerprint density at radius 3 is 2.23 bits per heavy atom. The summed E-state index contributed by atoms with van der Waals surface area (Å²) in [6.07, 6.45) is 1.20. The Kier molecular flexibility index (Phi) is 16.6. The van der Waals surface area contributed by atoms with Gasteiger partial charge in [-0.2, -0.15) is 0 Å². The second kappa shape index (κ2) is 20.8. The molecule has 7 N–H and O–H groups in total. The molecule has 0 fully saturated rings. The van der Waals surface area contributed by atoms with Crippen LogP contribution in [-0.2, 0) is 9.47 Å². The molecule has 0 spiro atoms. The molecule has 0 aliphatic rings. The lowest BCUT2D eigenvalue weighted by Crippen LogP contribution is -2.33. The molecule has 3 aromatic carbocycles. The second-order valence-electron chi connectivity index (χ2n) is 8.94. The summed E-state index contributed by atoms with van der Waals surface area (Å²) in [5.41, 5.74) is 9.32. The summed E-state index contributed by atoms with van der Waals surface area (Å²) in [5.74, 6) is 1.30. The number of carbonyl (C=O) groups excluding carboxylic acids is 1. The van der Waals surface area contributed by atoms with Gasteiger partial charge in [0.2, 0.25) is 5.96 Å². The van der Waals surface area contributed by atoms with Crippen LogP contribution in [0.4, 0.5) is 17.1 Å². The van der Waals surface area contributed by atoms with Crippen LogP contribution in [0, 0.1) is 5.41 Å². The molecule has 0 saturated carbocycles. The SMILES string of the molecule is C=C(NC(=NC(C)=NCCOCCOCCNC(=O)c1ccccc1)Nc1ccc(C=N)c(N)c1)Nc1ccccc1.CC. The Labute approximate surface area is 260 Å². The van der Waals surface area contributed by atoms with Gasteiger partial charge >= 0.3 is 0 Å². The van der Waals surface area contributed by atoms with Gasteiger partial charge in [0.1, 0.15) is 11.7 Å². The van der Waals surface area contributed by atoms with Gasteiger partial charge in [-0.25, -0.2) is 4.99 Å². The number of nitrogens with one attached hydrogen (secondary N) is 5. The Morgan fingerprint density at radius 1 is 0.909 bits per heavy atom. The highest BCUT2D eigenvalue weighted by Crippen LogP contribution is 2.16. The molecule has 0 bridgehead atoms. The molecular formula is C33H44N8O3. The van der Waals surface area contributed by atoms with Gasteiger partial charge in [0, 0.05) is 40.9 Å². The highest BCUT2D eigenvalue weighted by molar-refractivity contribution is 6.03. The van der Waals surface area contributed by atoms with Crippen molar-refractivity contribution in [2.45, 2.75) is 20.8 Å². The van der Waals surface area contributed by atoms with E-state index in [0.717, 1.165) is 5.69 Å². The molecule has 0 aliphatic carbocycles. The lowest BCUT2D eigenvalue weighted by molar-refractivity contribution is 0.0512. The van der Waals surface area contributed by atoms with E-state index in [1.54, 1.807) is 37.3 Å². The van der Waals surface area contributed by atoms with Crippen LogP contribution in [0.25, 0.3) is 0 Å². The smallest absolute Gasteiger partial charge is 0.251 e. The summed E-state index contributed by atoms with van der Waals surface area (Å²) in [4.78, 5) is 21.0. The fraction of sp³-hybridized carbons (Fsp3) is 0.273. The van der Waals surface area contributed by atoms with E-state index in [2.05, 4.69) is 37.8 Å². The molecule has 0 aromatic heterocycles. The van der Waals surface area contributed by atoms with Gasteiger partial charge < -0.3 is 41.9 Å². The van der Waals surface area contributed by atoms with Crippen molar-refractivity contribution in [3.05, 3.63) is 102 Å². The largest absolute Gasteiger partial charge is 0.398 e. The summed E-state index contributed by atoms with van der Waals surface area (Å²) >= 11 is 0. The van der Waals surface area contributed by atoms with Crippen molar-refractivity contribution in [2.24, 2.45) is 9.98 Å². The van der Waals surface area contributed by atoms with Gasteiger partial charge in [-0.1, -0.05) is 56.8 Å². The number of ether oxygens (including phenoxy) is 2. The zero-order valence-electron chi connectivity index (χ0n) is 25.7. The Bertz CT molecular complexity index is 1360. The summed E-state index contributed by atoms with van der Waals surface area (Å²) in [6, 6.07) is 24.0. The molecule has 234 valence electrons. The number of aliphatic imine (C=N–C) groups is 2. The van der Waals surface area contributed by atoms with Crippen molar-refractivity contribution >= 4 is 41.0 Å². The first-order chi connectivity index (χ1) is 21.4. The van der Waals surface area contributed by atoms with E-state index in [1.807, 2.05) is 62.4 Å². The normalized spacial score (nSPS) is 11.1. The predicted molar refractivity (Wildman–Crippen MR) is 182 cm³/mol. The minimum atomic E-state index is -0.124. The van der Waals surface area contributed by atoms with Gasteiger partial charge in [0.15, 0.2) is 0 Å². The summed E-state index contributed by atoms with van der Waals surface area (Å²) in [5, 5.41) is 19.8. The molecule has 0 aliphatic heterocycles. The Hall–Kier alpha value is -5.00. The van der Waals surface area contributed by atoms with Crippen LogP contribution in [0.3, 0.4) is 0 Å². The number of anilines is 3. The molecule has 0 unspecified atom stereocenters. The molecule has 3 aromatic rings. The van der Waals surface area contributed by atoms with Crippen molar-refractivity contribution in [3.63, 3.8) is 0 Å². The van der Waals surface area contributed by atoms with Crippen LogP contribution in [0.2, 0.25) is 0 Å². The van der Waals surface area contributed by atoms with E-state index >= 15 is 0 Å². The number of hydrogen-bond donors (Lipinski definition) is 6. The van der Waals surface area contributed by atoms with Gasteiger partial charge in [-0.05, 0) is 49.4 Å². The van der Waals surface area contributed by atoms with Crippen LogP contribution in [0.1, 0.15) is 36.7 Å². The third-order valence-electron chi connectivity index (χ3n) is 5.63. The summed E-state index contributed by atoms with van der Waals surface area (Å²) < 4.78 is 11.1. The fourth-order valence-corrected chi connectivity index (χ4v) is 3.60. The molecule has 3 rings (SSSR count). The second-order valence-corrected chi connectivity index (χ2v) is 8.94. The number of hydrogen-bond acceptors (Lipinski definition) is 7. The van der Waals surface area contributed by atoms with Crippen LogP contribution in [-0.4, -0.2) is 63.4 Å². The van der Waals surface area contributed by atoms with Crippen LogP contribution in [0.5, 0.6) is 0 Å². The zero-order valence-corrected chi connectivity index (χ0v) is 25.7. The number of carbonyl (C=O) groups is 1. The van der Waals surface area contributed by atoms with E-state index in [0.29, 0.717) is 79.6 Å². The van der Waals surface area contributed by atoms with Crippen molar-refractivity contribution in [1.82, 2.24) is 10.6 Å². The molecule has 1 amide bonds. The number of amides is 1. The van der Waals surface area contributed by atoms with Crippen LogP contribution >= 0.6 is 0 Å². The third-order valence-corrected chi connectivity index (χ3v) is 5.63. The fourth-order valence-electron chi connectivity index (χ4n) is 3.60. The van der Waals surface area contributed by atoms with Gasteiger partial charge in [0.05, 0.1) is 33.0 Å². The average molecular weight is 601 g/mol. The average Bonchev–Trinajstić information content (AvgIpc) is 3.03. The van der Waals surface area contributed by atoms with E-state index < -0.39 is 0 Å². The number of nitrogens with zero attached hydrogens (tertiary/aromatic N) is 2. The van der Waals surface area contributed by atoms with Crippen molar-refractivity contribution in [2.75, 3.05) is 55.9 Å². The highest BCUT2D eigenvalue weighted by atomic mass is 16.5. The number of guanidine groups is 1. The molecule has 0 radical (unpaired) electrons. The van der Waals surface area contributed by atoms with E-state index in [9.17, 15) is 4.79 Å². The maximum absolute atomic E-state index is 12.0. The lowest BCUT2D eigenvalue weighted by atomic mass is 10.2. The minimum Gasteiger partial charge on any atom is -0.398 e. The molecule has 11 heteroatoms. The van der Waals surface area contributed by atoms with Crippen LogP contribution < -0.4 is 27.0 Å². The molecule has 11 nitrogen and oxygen atoms in total. The third kappa shape index (κ3) is 13.8. The van der Waals surface area contributed by atoms with Crippen molar-refractivity contribution in [1.29, 1.82) is 5.41 Å². The first kappa shape index (κ1) is 35.2. The Morgan fingerprint density at radius 2 is 1.57 bits per heavy atom. The standard InChI is InChI=1S/C31H38N8O3.C2H6/c1-23(34-15-17-41-19-20-42-18-16-35-30(40)25-9-5-3-6-10-25)37-31(38-24(2)36-27-11-7-4-8-12-27)39-28-14-13-26(22-32)29(33)21-28;1-2/h3-14,21-22,32,36H,2,15-20,33H2,1H3,(H,35,40)(H2,34,37,38,39);1-2H3. The Balaban J connectivity index is 0.00000330. The predicted octanol–water partition coefficient (Wildman–Crippen LogP) is 5.12. The number of amidine groups is 1. The monoisotopic (exact) mass is 600 g/mol. The zero-order chi connectivity index (χ0) is 32.0. The molecular weight excluding hydrogens is 556 g/mol. The number of para-hydroxylation sites is 1. The number of nitrogen functional groups attached to an aromatic ring is 1. The van der Waals surface area contributed by atoms with Gasteiger partial charge in [-0.15, -0.1) is 0 Å². The topological polar surface area (TPSA) is 158 Å². The molecule has 0 saturated heterocycles. The quantitative estimate of drug-likeness (QED) is 0.0612. The highest BCUT2D eigenvalue weighted by Gasteiger charge is 2.06. The van der Waals surface area contributed by atoms with Crippen molar-refractivity contribution in [3.8, 4) is 0 Å². The van der Waals surface area contributed by atoms with Crippen LogP contribution in [0.15, 0.2) is 101 Å². The van der Waals surface area contributed by atoms with E-state index in [1.165, 1.54) is 6.21 Å². The van der Waals surface area contributed by atoms with Gasteiger partial charge in [-0.3, -0.25) is 9.79 Å². The molecule has 0 heterocycles. The lowest BCUT2D eigenvalue weighted by Gasteiger charge is -2.16. The van der Waals surface area contributed by atoms with Gasteiger partial charge in [0.25, 0.3) is 5.91 Å². The minimum absolute atomic E-state index is 0.124. The number of nitrogens with two attached hydrogens (primary N) is 1. The maximum atomic E-state index is 12.0. The van der Waals surface area contributed by atoms with E-state index in [-0.39, 0.29) is 5.91 Å². The molecule has 0 atom stereocenters. The summed E-state index contributed by atoms with van der Waals surface area (Å²) in [6.45, 7) is 12.3. The number of rotatable bonds is 15. The van der Waals surface area contributed by atoms with Crippen molar-refractivity contribution < 1.29 is 14.3 Å². The summed E-state index contributed by atoms with van der Waals surface area (Å²) in [7, 11) is 0. The first-order valence-corrected chi connectivity index (χ1v) is 14.5. The molecule has 44 heavy (non-hydrogen) atoms. The van der Waals surface area contributed by atoms with E-state index in [4.69, 9.17) is 20.6 Å².